The van der Waals surface area contributed by atoms with Crippen molar-refractivity contribution < 1.29 is 4.79 Å². The third-order valence-corrected chi connectivity index (χ3v) is 4.76. The first kappa shape index (κ1) is 11.5. The van der Waals surface area contributed by atoms with E-state index in [2.05, 4.69) is 13.0 Å². The van der Waals surface area contributed by atoms with E-state index in [9.17, 15) is 4.79 Å². The van der Waals surface area contributed by atoms with Crippen LogP contribution < -0.4 is 4.90 Å². The summed E-state index contributed by atoms with van der Waals surface area (Å²) in [6.07, 6.45) is 2.87. The van der Waals surface area contributed by atoms with Gasteiger partial charge in [-0.15, -0.1) is 11.8 Å². The summed E-state index contributed by atoms with van der Waals surface area (Å²) < 4.78 is -0.355. The number of anilines is 1. The van der Waals surface area contributed by atoms with Crippen molar-refractivity contribution >= 4 is 23.4 Å². The van der Waals surface area contributed by atoms with Gasteiger partial charge >= 0.3 is 0 Å². The Kier molecular flexibility index (Phi) is 2.98. The topological polar surface area (TPSA) is 20.3 Å². The Morgan fingerprint density at radius 3 is 2.56 bits per heavy atom. The van der Waals surface area contributed by atoms with Gasteiger partial charge in [-0.1, -0.05) is 25.1 Å². The smallest absolute Gasteiger partial charge is 0.247 e. The Balaban J connectivity index is 2.63. The summed E-state index contributed by atoms with van der Waals surface area (Å²) in [5.41, 5.74) is 2.27. The normalized spacial score (nSPS) is 23.7. The second kappa shape index (κ2) is 4.13. The molecule has 16 heavy (non-hydrogen) atoms. The summed E-state index contributed by atoms with van der Waals surface area (Å²) in [6.45, 7) is 4.86. The van der Waals surface area contributed by atoms with E-state index in [0.717, 1.165) is 18.7 Å². The Morgan fingerprint density at radius 1 is 1.31 bits per heavy atom. The van der Waals surface area contributed by atoms with Crippen LogP contribution in [0.15, 0.2) is 24.3 Å². The molecule has 1 aliphatic heterocycles. The highest BCUT2D eigenvalue weighted by atomic mass is 32.2. The predicted octanol–water partition coefficient (Wildman–Crippen LogP) is 3.02. The number of fused-ring (bicyclic) bond motifs is 1. The van der Waals surface area contributed by atoms with Crippen molar-refractivity contribution in [2.24, 2.45) is 0 Å². The molecule has 3 heteroatoms. The van der Waals surface area contributed by atoms with Gasteiger partial charge in [-0.2, -0.15) is 0 Å². The van der Waals surface area contributed by atoms with Crippen molar-refractivity contribution in [2.75, 3.05) is 17.7 Å². The molecule has 0 fully saturated rings. The molecule has 0 radical (unpaired) electrons. The Morgan fingerprint density at radius 2 is 2.00 bits per heavy atom. The first-order chi connectivity index (χ1) is 7.71. The first-order valence-electron chi connectivity index (χ1n) is 5.68. The standard InChI is InChI=1S/C13H17NOS/c1-4-13(16-3)10-8-6-7-9-11(10)14(5-2)12(13)15/h6-9H,4-5H2,1-3H3. The number of carbonyl (C=O) groups excluding carboxylic acids is 1. The second-order valence-corrected chi connectivity index (χ2v) is 5.06. The molecule has 1 aromatic carbocycles. The van der Waals surface area contributed by atoms with Gasteiger partial charge < -0.3 is 4.90 Å². The molecule has 1 aliphatic rings. The van der Waals surface area contributed by atoms with E-state index in [1.165, 1.54) is 5.56 Å². The minimum Gasteiger partial charge on any atom is -0.311 e. The van der Waals surface area contributed by atoms with Crippen LogP contribution in [0.1, 0.15) is 25.8 Å². The Bertz CT molecular complexity index is 412. The molecule has 0 aliphatic carbocycles. The number of carbonyl (C=O) groups is 1. The molecule has 2 rings (SSSR count). The van der Waals surface area contributed by atoms with Gasteiger partial charge in [-0.05, 0) is 25.7 Å². The molecule has 1 atom stereocenters. The number of rotatable bonds is 3. The summed E-state index contributed by atoms with van der Waals surface area (Å²) in [7, 11) is 0. The van der Waals surface area contributed by atoms with E-state index in [4.69, 9.17) is 0 Å². The van der Waals surface area contributed by atoms with Crippen molar-refractivity contribution in [3.05, 3.63) is 29.8 Å². The fourth-order valence-corrected chi connectivity index (χ4v) is 3.46. The average Bonchev–Trinajstić information content (AvgIpc) is 2.58. The molecule has 1 aromatic rings. The second-order valence-electron chi connectivity index (χ2n) is 3.95. The van der Waals surface area contributed by atoms with Gasteiger partial charge in [0.05, 0.1) is 0 Å². The highest BCUT2D eigenvalue weighted by Gasteiger charge is 2.48. The summed E-state index contributed by atoms with van der Waals surface area (Å²) in [5, 5.41) is 0. The van der Waals surface area contributed by atoms with Crippen LogP contribution >= 0.6 is 11.8 Å². The number of hydrogen-bond donors (Lipinski definition) is 0. The summed E-state index contributed by atoms with van der Waals surface area (Å²) in [6, 6.07) is 8.15. The molecule has 0 N–H and O–H groups in total. The van der Waals surface area contributed by atoms with E-state index < -0.39 is 0 Å². The highest BCUT2D eigenvalue weighted by molar-refractivity contribution is 8.00. The van der Waals surface area contributed by atoms with Crippen LogP contribution in [-0.2, 0) is 9.54 Å². The highest BCUT2D eigenvalue weighted by Crippen LogP contribution is 2.49. The monoisotopic (exact) mass is 235 g/mol. The Labute approximate surface area is 101 Å². The lowest BCUT2D eigenvalue weighted by Gasteiger charge is -2.24. The molecule has 1 unspecified atom stereocenters. The van der Waals surface area contributed by atoms with E-state index in [0.29, 0.717) is 0 Å². The zero-order valence-electron chi connectivity index (χ0n) is 9.99. The molecule has 86 valence electrons. The van der Waals surface area contributed by atoms with Crippen molar-refractivity contribution in [3.8, 4) is 0 Å². The molecule has 0 saturated carbocycles. The first-order valence-corrected chi connectivity index (χ1v) is 6.90. The molecule has 0 aromatic heterocycles. The number of amides is 1. The van der Waals surface area contributed by atoms with Gasteiger partial charge in [-0.3, -0.25) is 4.79 Å². The van der Waals surface area contributed by atoms with Crippen LogP contribution in [-0.4, -0.2) is 18.7 Å². The van der Waals surface area contributed by atoms with Crippen molar-refractivity contribution in [1.82, 2.24) is 0 Å². The molecular formula is C13H17NOS. The quantitative estimate of drug-likeness (QED) is 0.802. The van der Waals surface area contributed by atoms with Crippen LogP contribution in [0.5, 0.6) is 0 Å². The van der Waals surface area contributed by atoms with E-state index in [1.54, 1.807) is 11.8 Å². The van der Waals surface area contributed by atoms with Crippen molar-refractivity contribution in [2.45, 2.75) is 25.0 Å². The Hall–Kier alpha value is -0.960. The molecule has 1 amide bonds. The molecule has 2 nitrogen and oxygen atoms in total. The fraction of sp³-hybridized carbons (Fsp3) is 0.462. The lowest BCUT2D eigenvalue weighted by molar-refractivity contribution is -0.120. The van der Waals surface area contributed by atoms with Crippen LogP contribution in [0.2, 0.25) is 0 Å². The summed E-state index contributed by atoms with van der Waals surface area (Å²) in [5.74, 6) is 0.242. The fourth-order valence-electron chi connectivity index (χ4n) is 2.49. The minimum atomic E-state index is -0.355. The summed E-state index contributed by atoms with van der Waals surface area (Å²) >= 11 is 1.66. The SMILES string of the molecule is CCN1C(=O)C(CC)(SC)c2ccccc21. The van der Waals surface area contributed by atoms with Crippen LogP contribution in [0, 0.1) is 0 Å². The van der Waals surface area contributed by atoms with Crippen molar-refractivity contribution in [3.63, 3.8) is 0 Å². The van der Waals surface area contributed by atoms with Gasteiger partial charge in [0.15, 0.2) is 0 Å². The number of thioether (sulfide) groups is 1. The third-order valence-electron chi connectivity index (χ3n) is 3.38. The van der Waals surface area contributed by atoms with Gasteiger partial charge in [-0.25, -0.2) is 0 Å². The third kappa shape index (κ3) is 1.31. The van der Waals surface area contributed by atoms with E-state index in [-0.39, 0.29) is 10.7 Å². The van der Waals surface area contributed by atoms with Gasteiger partial charge in [0.1, 0.15) is 4.75 Å². The molecule has 0 spiro atoms. The van der Waals surface area contributed by atoms with E-state index >= 15 is 0 Å². The molecule has 0 saturated heterocycles. The summed E-state index contributed by atoms with van der Waals surface area (Å²) in [4.78, 5) is 14.4. The molecule has 1 heterocycles. The number of para-hydroxylation sites is 1. The average molecular weight is 235 g/mol. The largest absolute Gasteiger partial charge is 0.311 e. The van der Waals surface area contributed by atoms with Gasteiger partial charge in [0.2, 0.25) is 5.91 Å². The number of benzene rings is 1. The van der Waals surface area contributed by atoms with E-state index in [1.807, 2.05) is 36.3 Å². The lowest BCUT2D eigenvalue weighted by Crippen LogP contribution is -2.37. The lowest BCUT2D eigenvalue weighted by atomic mass is 9.97. The maximum absolute atomic E-state index is 12.5. The van der Waals surface area contributed by atoms with Gasteiger partial charge in [0, 0.05) is 17.8 Å². The maximum Gasteiger partial charge on any atom is 0.247 e. The minimum absolute atomic E-state index is 0.242. The number of nitrogens with zero attached hydrogens (tertiary/aromatic N) is 1. The van der Waals surface area contributed by atoms with Crippen LogP contribution in [0.4, 0.5) is 5.69 Å². The van der Waals surface area contributed by atoms with Crippen LogP contribution in [0.3, 0.4) is 0 Å². The number of likely N-dealkylation sites (N-methyl/N-ethyl adjacent to an activating group) is 1. The van der Waals surface area contributed by atoms with Crippen LogP contribution in [0.25, 0.3) is 0 Å². The molecular weight excluding hydrogens is 218 g/mol. The molecule has 0 bridgehead atoms. The number of hydrogen-bond acceptors (Lipinski definition) is 2. The zero-order valence-corrected chi connectivity index (χ0v) is 10.8. The predicted molar refractivity (Wildman–Crippen MR) is 70.0 cm³/mol. The van der Waals surface area contributed by atoms with Crippen molar-refractivity contribution in [1.29, 1.82) is 0 Å². The zero-order chi connectivity index (χ0) is 11.8. The maximum atomic E-state index is 12.5. The van der Waals surface area contributed by atoms with Gasteiger partial charge in [0.25, 0.3) is 0 Å².